The van der Waals surface area contributed by atoms with Crippen molar-refractivity contribution in [3.05, 3.63) is 95.3 Å². The Morgan fingerprint density at radius 3 is 2.47 bits per heavy atom. The summed E-state index contributed by atoms with van der Waals surface area (Å²) in [7, 11) is 0. The molecule has 36 heavy (non-hydrogen) atoms. The van der Waals surface area contributed by atoms with E-state index < -0.39 is 29.8 Å². The third-order valence-corrected chi connectivity index (χ3v) is 5.47. The van der Waals surface area contributed by atoms with E-state index in [1.807, 2.05) is 13.0 Å². The van der Waals surface area contributed by atoms with Crippen LogP contribution in [-0.4, -0.2) is 36.3 Å². The number of nitrogens with one attached hydrogen (secondary N) is 2. The molecule has 2 N–H and O–H groups in total. The number of aryl methyl sites for hydroxylation is 1. The van der Waals surface area contributed by atoms with Crippen LogP contribution in [0, 0.1) is 12.7 Å². The molecule has 184 valence electrons. The van der Waals surface area contributed by atoms with Gasteiger partial charge in [-0.2, -0.15) is 0 Å². The van der Waals surface area contributed by atoms with Gasteiger partial charge in [0.1, 0.15) is 11.9 Å². The van der Waals surface area contributed by atoms with Gasteiger partial charge in [0.15, 0.2) is 0 Å². The van der Waals surface area contributed by atoms with Gasteiger partial charge in [-0.1, -0.05) is 42.5 Å². The molecule has 3 aromatic carbocycles. The molecule has 4 rings (SSSR count). The highest BCUT2D eigenvalue weighted by Crippen LogP contribution is 2.29. The van der Waals surface area contributed by atoms with Gasteiger partial charge in [0, 0.05) is 16.8 Å². The second kappa shape index (κ2) is 10.8. The molecule has 0 saturated carbocycles. The van der Waals surface area contributed by atoms with Gasteiger partial charge in [-0.25, -0.2) is 19.6 Å². The summed E-state index contributed by atoms with van der Waals surface area (Å²) in [4.78, 5) is 43.4. The number of nitrogens with zero attached hydrogens (tertiary/aromatic N) is 2. The molecule has 0 fully saturated rings. The van der Waals surface area contributed by atoms with Gasteiger partial charge in [-0.3, -0.25) is 14.6 Å². The lowest BCUT2D eigenvalue weighted by molar-refractivity contribution is -0.144. The first-order chi connectivity index (χ1) is 17.4. The molecule has 0 radical (unpaired) electrons. The summed E-state index contributed by atoms with van der Waals surface area (Å²) < 4.78 is 19.9. The Hall–Kier alpha value is -4.53. The number of amides is 3. The van der Waals surface area contributed by atoms with E-state index in [1.165, 1.54) is 6.07 Å². The molecule has 1 atom stereocenters. The van der Waals surface area contributed by atoms with Crippen LogP contribution in [0.1, 0.15) is 30.0 Å². The van der Waals surface area contributed by atoms with Gasteiger partial charge in [-0.05, 0) is 49.7 Å². The zero-order valence-corrected chi connectivity index (χ0v) is 19.8. The van der Waals surface area contributed by atoms with Crippen LogP contribution in [0.3, 0.4) is 0 Å². The normalized spacial score (nSPS) is 14.9. The summed E-state index contributed by atoms with van der Waals surface area (Å²) >= 11 is 0. The van der Waals surface area contributed by atoms with Crippen molar-refractivity contribution in [1.82, 2.24) is 5.43 Å². The number of hydrazine groups is 1. The number of esters is 1. The Labute approximate surface area is 207 Å². The van der Waals surface area contributed by atoms with Crippen LogP contribution in [0.4, 0.5) is 20.6 Å². The first kappa shape index (κ1) is 24.6. The van der Waals surface area contributed by atoms with Crippen LogP contribution < -0.4 is 15.8 Å². The molecule has 0 aromatic heterocycles. The predicted octanol–water partition coefficient (Wildman–Crippen LogP) is 4.38. The Morgan fingerprint density at radius 1 is 1.03 bits per heavy atom. The van der Waals surface area contributed by atoms with Crippen molar-refractivity contribution in [3.8, 4) is 0 Å². The molecular weight excluding hydrogens is 463 g/mol. The van der Waals surface area contributed by atoms with Crippen molar-refractivity contribution >= 4 is 35.0 Å². The number of aliphatic imine (C=N–C) groups is 1. The highest BCUT2D eigenvalue weighted by molar-refractivity contribution is 6.20. The van der Waals surface area contributed by atoms with E-state index in [4.69, 9.17) is 4.74 Å². The largest absolute Gasteiger partial charge is 0.466 e. The number of hydrogen-bond donors (Lipinski definition) is 2. The zero-order chi connectivity index (χ0) is 25.7. The fraction of sp³-hybridized carbons (Fsp3) is 0.185. The van der Waals surface area contributed by atoms with E-state index in [0.29, 0.717) is 11.3 Å². The fourth-order valence-corrected chi connectivity index (χ4v) is 3.89. The molecule has 0 bridgehead atoms. The van der Waals surface area contributed by atoms with Crippen molar-refractivity contribution in [2.45, 2.75) is 26.3 Å². The van der Waals surface area contributed by atoms with Crippen molar-refractivity contribution in [3.63, 3.8) is 0 Å². The second-order valence-corrected chi connectivity index (χ2v) is 8.11. The summed E-state index contributed by atoms with van der Waals surface area (Å²) in [5.74, 6) is -1.84. The summed E-state index contributed by atoms with van der Waals surface area (Å²) in [6, 6.07) is 18.0. The van der Waals surface area contributed by atoms with Gasteiger partial charge >= 0.3 is 12.0 Å². The Bertz CT molecular complexity index is 1340. The lowest BCUT2D eigenvalue weighted by atomic mass is 10.00. The van der Waals surface area contributed by atoms with E-state index in [2.05, 4.69) is 15.7 Å². The number of para-hydroxylation sites is 1. The fourth-order valence-electron chi connectivity index (χ4n) is 3.89. The summed E-state index contributed by atoms with van der Waals surface area (Å²) in [5, 5.41) is 3.74. The molecule has 3 amide bonds. The summed E-state index contributed by atoms with van der Waals surface area (Å²) in [5.41, 5.74) is 5.11. The molecule has 0 saturated heterocycles. The molecule has 0 spiro atoms. The van der Waals surface area contributed by atoms with Crippen LogP contribution in [0.5, 0.6) is 0 Å². The lowest BCUT2D eigenvalue weighted by Gasteiger charge is -2.25. The number of fused-ring (bicyclic) bond motifs is 1. The minimum absolute atomic E-state index is 0.130. The zero-order valence-electron chi connectivity index (χ0n) is 19.8. The molecular formula is C27H25FN4O4. The quantitative estimate of drug-likeness (QED) is 0.503. The first-order valence-electron chi connectivity index (χ1n) is 11.4. The topological polar surface area (TPSA) is 100 Å². The van der Waals surface area contributed by atoms with Gasteiger partial charge in [0.2, 0.25) is 0 Å². The Morgan fingerprint density at radius 2 is 1.75 bits per heavy atom. The maximum Gasteiger partial charge on any atom is 0.338 e. The number of benzene rings is 3. The average molecular weight is 489 g/mol. The first-order valence-corrected chi connectivity index (χ1v) is 11.4. The molecule has 1 aliphatic rings. The molecule has 9 heteroatoms. The minimum Gasteiger partial charge on any atom is -0.466 e. The number of halogens is 1. The van der Waals surface area contributed by atoms with Crippen LogP contribution in [0.15, 0.2) is 77.8 Å². The van der Waals surface area contributed by atoms with Crippen LogP contribution in [-0.2, 0) is 14.3 Å². The predicted molar refractivity (Wildman–Crippen MR) is 134 cm³/mol. The number of carbonyl (C=O) groups excluding carboxylic acids is 3. The van der Waals surface area contributed by atoms with Crippen molar-refractivity contribution in [1.29, 1.82) is 0 Å². The van der Waals surface area contributed by atoms with E-state index in [9.17, 15) is 18.8 Å². The van der Waals surface area contributed by atoms with Gasteiger partial charge in [-0.15, -0.1) is 0 Å². The Balaban J connectivity index is 1.76. The third-order valence-electron chi connectivity index (χ3n) is 5.47. The van der Waals surface area contributed by atoms with Crippen LogP contribution >= 0.6 is 0 Å². The summed E-state index contributed by atoms with van der Waals surface area (Å²) in [6.45, 7) is 3.67. The van der Waals surface area contributed by atoms with Crippen molar-refractivity contribution < 1.29 is 23.5 Å². The van der Waals surface area contributed by atoms with E-state index >= 15 is 0 Å². The lowest BCUT2D eigenvalue weighted by Crippen LogP contribution is -2.51. The molecule has 0 aliphatic carbocycles. The standard InChI is InChI=1S/C27H25FN4O4/c1-3-36-24(33)16-22-26(34)32(31-27(35)29-18-10-8-9-17(2)15-18)23-14-7-5-12-20(23)25(30-22)19-11-4-6-13-21(19)28/h4-15,22H,3,16H2,1-2H3,(H2,29,31,35). The monoisotopic (exact) mass is 488 g/mol. The number of ether oxygens (including phenoxy) is 1. The highest BCUT2D eigenvalue weighted by atomic mass is 19.1. The van der Waals surface area contributed by atoms with Crippen molar-refractivity contribution in [2.75, 3.05) is 16.9 Å². The molecule has 8 nitrogen and oxygen atoms in total. The molecule has 1 unspecified atom stereocenters. The second-order valence-electron chi connectivity index (χ2n) is 8.11. The number of hydrogen-bond acceptors (Lipinski definition) is 5. The van der Waals surface area contributed by atoms with Crippen LogP contribution in [0.2, 0.25) is 0 Å². The number of carbonyl (C=O) groups is 3. The van der Waals surface area contributed by atoms with E-state index in [-0.39, 0.29) is 30.0 Å². The molecule has 3 aromatic rings. The van der Waals surface area contributed by atoms with Crippen molar-refractivity contribution in [2.24, 2.45) is 4.99 Å². The number of anilines is 2. The summed E-state index contributed by atoms with van der Waals surface area (Å²) in [6.07, 6.45) is -0.379. The number of benzodiazepines with no additional fused rings is 1. The van der Waals surface area contributed by atoms with E-state index in [0.717, 1.165) is 10.6 Å². The van der Waals surface area contributed by atoms with Crippen LogP contribution in [0.25, 0.3) is 0 Å². The molecule has 1 aliphatic heterocycles. The third kappa shape index (κ3) is 5.41. The molecule has 1 heterocycles. The van der Waals surface area contributed by atoms with Gasteiger partial charge in [0.05, 0.1) is 24.4 Å². The highest BCUT2D eigenvalue weighted by Gasteiger charge is 2.35. The smallest absolute Gasteiger partial charge is 0.338 e. The van der Waals surface area contributed by atoms with Gasteiger partial charge < -0.3 is 10.1 Å². The average Bonchev–Trinajstić information content (AvgIpc) is 2.95. The minimum atomic E-state index is -1.26. The van der Waals surface area contributed by atoms with Gasteiger partial charge in [0.25, 0.3) is 5.91 Å². The maximum atomic E-state index is 14.8. The number of rotatable bonds is 6. The number of urea groups is 1. The maximum absolute atomic E-state index is 14.8. The SMILES string of the molecule is CCOC(=O)CC1N=C(c2ccccc2F)c2ccccc2N(NC(=O)Nc2cccc(C)c2)C1=O. The van der Waals surface area contributed by atoms with E-state index in [1.54, 1.807) is 67.6 Å². The Kier molecular flexibility index (Phi) is 7.39.